The van der Waals surface area contributed by atoms with Crippen molar-refractivity contribution in [2.24, 2.45) is 0 Å². The average molecular weight is 312 g/mol. The first-order valence-corrected chi connectivity index (χ1v) is 8.36. The van der Waals surface area contributed by atoms with E-state index in [1.54, 1.807) is 19.1 Å². The lowest BCUT2D eigenvalue weighted by Crippen LogP contribution is -2.31. The highest BCUT2D eigenvalue weighted by Crippen LogP contribution is 2.20. The second-order valence-electron chi connectivity index (χ2n) is 5.14. The minimum Gasteiger partial charge on any atom is -0.377 e. The molecule has 2 N–H and O–H groups in total. The summed E-state index contributed by atoms with van der Waals surface area (Å²) >= 11 is 0. The summed E-state index contributed by atoms with van der Waals surface area (Å²) in [6, 6.07) is 4.62. The van der Waals surface area contributed by atoms with E-state index in [0.717, 1.165) is 12.8 Å². The zero-order valence-corrected chi connectivity index (χ0v) is 13.0. The maximum atomic E-state index is 12.2. The third kappa shape index (κ3) is 4.26. The number of sulfonamides is 1. The second kappa shape index (κ2) is 6.55. The van der Waals surface area contributed by atoms with Crippen LogP contribution < -0.4 is 10.0 Å². The summed E-state index contributed by atoms with van der Waals surface area (Å²) in [7, 11) is -3.56. The Hall–Kier alpha value is -1.44. The second-order valence-corrected chi connectivity index (χ2v) is 6.91. The monoisotopic (exact) mass is 312 g/mol. The number of amides is 1. The van der Waals surface area contributed by atoms with Gasteiger partial charge in [0.2, 0.25) is 15.9 Å². The molecule has 0 aromatic heterocycles. The van der Waals surface area contributed by atoms with Gasteiger partial charge in [-0.05, 0) is 43.5 Å². The van der Waals surface area contributed by atoms with Crippen LogP contribution in [0.3, 0.4) is 0 Å². The molecule has 0 bridgehead atoms. The van der Waals surface area contributed by atoms with Crippen LogP contribution in [0.25, 0.3) is 0 Å². The van der Waals surface area contributed by atoms with Crippen LogP contribution in [0.4, 0.5) is 5.69 Å². The third-order valence-corrected chi connectivity index (χ3v) is 4.77. The summed E-state index contributed by atoms with van der Waals surface area (Å²) in [6.07, 6.45) is 1.81. The summed E-state index contributed by atoms with van der Waals surface area (Å²) in [6.45, 7) is 4.14. The van der Waals surface area contributed by atoms with Gasteiger partial charge in [-0.15, -0.1) is 0 Å². The number of aryl methyl sites for hydroxylation is 1. The standard InChI is InChI=1S/C14H20N2O4S/c1-10-8-13(5-6-14(10)16-11(2)17)21(18,19)15-9-12-4-3-7-20-12/h5-6,8,12,15H,3-4,7,9H2,1-2H3,(H,16,17)/t12-/m1/s1. The third-order valence-electron chi connectivity index (χ3n) is 3.34. The summed E-state index contributed by atoms with van der Waals surface area (Å²) in [5.41, 5.74) is 1.31. The number of carbonyl (C=O) groups is 1. The highest BCUT2D eigenvalue weighted by Gasteiger charge is 2.20. The SMILES string of the molecule is CC(=O)Nc1ccc(S(=O)(=O)NC[C@H]2CCCO2)cc1C. The molecule has 1 aromatic rings. The fourth-order valence-electron chi connectivity index (χ4n) is 2.22. The van der Waals surface area contributed by atoms with Crippen LogP contribution in [0.5, 0.6) is 0 Å². The first-order chi connectivity index (χ1) is 9.88. The molecule has 1 heterocycles. The van der Waals surface area contributed by atoms with Gasteiger partial charge in [0, 0.05) is 25.8 Å². The molecule has 116 valence electrons. The zero-order chi connectivity index (χ0) is 15.5. The van der Waals surface area contributed by atoms with Gasteiger partial charge >= 0.3 is 0 Å². The van der Waals surface area contributed by atoms with Crippen LogP contribution in [-0.4, -0.2) is 33.6 Å². The smallest absolute Gasteiger partial charge is 0.240 e. The van der Waals surface area contributed by atoms with Crippen molar-refractivity contribution < 1.29 is 17.9 Å². The van der Waals surface area contributed by atoms with E-state index in [9.17, 15) is 13.2 Å². The van der Waals surface area contributed by atoms with Gasteiger partial charge in [0.1, 0.15) is 0 Å². The van der Waals surface area contributed by atoms with Crippen molar-refractivity contribution in [1.82, 2.24) is 4.72 Å². The van der Waals surface area contributed by atoms with Crippen molar-refractivity contribution in [2.75, 3.05) is 18.5 Å². The molecule has 1 aliphatic rings. The maximum Gasteiger partial charge on any atom is 0.240 e. The van der Waals surface area contributed by atoms with E-state index in [0.29, 0.717) is 17.9 Å². The molecule has 0 spiro atoms. The molecule has 7 heteroatoms. The lowest BCUT2D eigenvalue weighted by Gasteiger charge is -2.13. The summed E-state index contributed by atoms with van der Waals surface area (Å²) in [5, 5.41) is 2.65. The van der Waals surface area contributed by atoms with Gasteiger partial charge in [-0.25, -0.2) is 13.1 Å². The predicted octanol–water partition coefficient (Wildman–Crippen LogP) is 1.41. The number of hydrogen-bond acceptors (Lipinski definition) is 4. The van der Waals surface area contributed by atoms with Crippen LogP contribution in [0.1, 0.15) is 25.3 Å². The van der Waals surface area contributed by atoms with Gasteiger partial charge in [-0.3, -0.25) is 4.79 Å². The number of carbonyl (C=O) groups excluding carboxylic acids is 1. The lowest BCUT2D eigenvalue weighted by molar-refractivity contribution is -0.114. The Morgan fingerprint density at radius 3 is 2.76 bits per heavy atom. The highest BCUT2D eigenvalue weighted by molar-refractivity contribution is 7.89. The topological polar surface area (TPSA) is 84.5 Å². The maximum absolute atomic E-state index is 12.2. The molecule has 1 saturated heterocycles. The van der Waals surface area contributed by atoms with Crippen LogP contribution in [0, 0.1) is 6.92 Å². The Labute approximate surface area is 124 Å². The summed E-state index contributed by atoms with van der Waals surface area (Å²) < 4.78 is 32.4. The largest absolute Gasteiger partial charge is 0.377 e. The van der Waals surface area contributed by atoms with E-state index in [1.165, 1.54) is 13.0 Å². The van der Waals surface area contributed by atoms with Crippen molar-refractivity contribution >= 4 is 21.6 Å². The molecule has 0 radical (unpaired) electrons. The number of anilines is 1. The van der Waals surface area contributed by atoms with Crippen LogP contribution >= 0.6 is 0 Å². The molecular weight excluding hydrogens is 292 g/mol. The van der Waals surface area contributed by atoms with Crippen LogP contribution in [-0.2, 0) is 19.6 Å². The van der Waals surface area contributed by atoms with E-state index < -0.39 is 10.0 Å². The Kier molecular flexibility index (Phi) is 4.97. The van der Waals surface area contributed by atoms with E-state index in [-0.39, 0.29) is 23.5 Å². The van der Waals surface area contributed by atoms with E-state index in [4.69, 9.17) is 4.74 Å². The molecule has 0 aliphatic carbocycles. The fourth-order valence-corrected chi connectivity index (χ4v) is 3.38. The first kappa shape index (κ1) is 15.9. The minimum atomic E-state index is -3.56. The fraction of sp³-hybridized carbons (Fsp3) is 0.500. The van der Waals surface area contributed by atoms with Gasteiger partial charge < -0.3 is 10.1 Å². The molecule has 1 fully saturated rings. The van der Waals surface area contributed by atoms with Crippen LogP contribution in [0.15, 0.2) is 23.1 Å². The molecule has 0 saturated carbocycles. The molecule has 2 rings (SSSR count). The van der Waals surface area contributed by atoms with Gasteiger partial charge in [-0.2, -0.15) is 0 Å². The summed E-state index contributed by atoms with van der Waals surface area (Å²) in [4.78, 5) is 11.2. The lowest BCUT2D eigenvalue weighted by atomic mass is 10.2. The molecule has 1 aliphatic heterocycles. The van der Waals surface area contributed by atoms with Crippen molar-refractivity contribution in [1.29, 1.82) is 0 Å². The minimum absolute atomic E-state index is 0.0421. The van der Waals surface area contributed by atoms with Gasteiger partial charge in [0.05, 0.1) is 11.0 Å². The molecule has 1 amide bonds. The Balaban J connectivity index is 2.08. The highest BCUT2D eigenvalue weighted by atomic mass is 32.2. The molecule has 1 aromatic carbocycles. The Morgan fingerprint density at radius 1 is 1.43 bits per heavy atom. The van der Waals surface area contributed by atoms with Gasteiger partial charge in [-0.1, -0.05) is 0 Å². The van der Waals surface area contributed by atoms with Crippen molar-refractivity contribution in [2.45, 2.75) is 37.7 Å². The number of rotatable bonds is 5. The van der Waals surface area contributed by atoms with E-state index in [1.807, 2.05) is 0 Å². The number of ether oxygens (including phenoxy) is 1. The predicted molar refractivity (Wildman–Crippen MR) is 79.6 cm³/mol. The molecular formula is C14H20N2O4S. The van der Waals surface area contributed by atoms with Crippen molar-refractivity contribution in [3.8, 4) is 0 Å². The number of nitrogens with one attached hydrogen (secondary N) is 2. The van der Waals surface area contributed by atoms with Gasteiger partial charge in [0.25, 0.3) is 0 Å². The zero-order valence-electron chi connectivity index (χ0n) is 12.2. The molecule has 1 atom stereocenters. The normalized spacial score (nSPS) is 18.7. The molecule has 6 nitrogen and oxygen atoms in total. The quantitative estimate of drug-likeness (QED) is 0.861. The van der Waals surface area contributed by atoms with E-state index >= 15 is 0 Å². The Morgan fingerprint density at radius 2 is 2.19 bits per heavy atom. The Bertz CT molecular complexity index is 622. The van der Waals surface area contributed by atoms with Crippen molar-refractivity contribution in [3.05, 3.63) is 23.8 Å². The summed E-state index contributed by atoms with van der Waals surface area (Å²) in [5.74, 6) is -0.190. The van der Waals surface area contributed by atoms with Crippen LogP contribution in [0.2, 0.25) is 0 Å². The number of hydrogen-bond donors (Lipinski definition) is 2. The average Bonchev–Trinajstić information content (AvgIpc) is 2.91. The molecule has 21 heavy (non-hydrogen) atoms. The van der Waals surface area contributed by atoms with Crippen molar-refractivity contribution in [3.63, 3.8) is 0 Å². The van der Waals surface area contributed by atoms with E-state index in [2.05, 4.69) is 10.0 Å². The first-order valence-electron chi connectivity index (χ1n) is 6.88. The number of benzene rings is 1. The molecule has 0 unspecified atom stereocenters. The van der Waals surface area contributed by atoms with Gasteiger partial charge in [0.15, 0.2) is 0 Å².